The molecule has 0 bridgehead atoms. The van der Waals surface area contributed by atoms with E-state index >= 15 is 0 Å². The highest BCUT2D eigenvalue weighted by Crippen LogP contribution is 2.40. The van der Waals surface area contributed by atoms with E-state index in [1.807, 2.05) is 38.2 Å². The standard InChI is InChI=1S/C26H30F3N7O/c1-34(2)10-11-35(3)22-13-23(37-5)20(12-19(22)30)32-25-31-14-18(26(27,28)29)24(33-25)17-15-36(4)21-9-7-6-8-16(17)21/h6-9,12-15H,10-11,30H2,1-5H3,(H,31,32,33). The molecule has 0 saturated heterocycles. The fraction of sp³-hybridized carbons (Fsp3) is 0.308. The fourth-order valence-corrected chi connectivity index (χ4v) is 4.16. The number of rotatable bonds is 8. The first kappa shape index (κ1) is 26.1. The van der Waals surface area contributed by atoms with Gasteiger partial charge in [-0.2, -0.15) is 13.2 Å². The maximum atomic E-state index is 14.0. The first-order valence-electron chi connectivity index (χ1n) is 11.6. The van der Waals surface area contributed by atoms with Gasteiger partial charge in [-0.15, -0.1) is 0 Å². The molecule has 0 unspecified atom stereocenters. The predicted molar refractivity (Wildman–Crippen MR) is 141 cm³/mol. The van der Waals surface area contributed by atoms with Gasteiger partial charge in [0, 0.05) is 62.1 Å². The lowest BCUT2D eigenvalue weighted by Gasteiger charge is -2.24. The van der Waals surface area contributed by atoms with Gasteiger partial charge in [-0.3, -0.25) is 0 Å². The van der Waals surface area contributed by atoms with Crippen molar-refractivity contribution < 1.29 is 17.9 Å². The van der Waals surface area contributed by atoms with Crippen molar-refractivity contribution in [1.29, 1.82) is 0 Å². The van der Waals surface area contributed by atoms with Crippen LogP contribution >= 0.6 is 0 Å². The third kappa shape index (κ3) is 5.41. The molecule has 3 N–H and O–H groups in total. The topological polar surface area (TPSA) is 84.5 Å². The second-order valence-electron chi connectivity index (χ2n) is 9.09. The maximum absolute atomic E-state index is 14.0. The normalized spacial score (nSPS) is 11.8. The van der Waals surface area contributed by atoms with Crippen LogP contribution in [0.5, 0.6) is 5.75 Å². The first-order chi connectivity index (χ1) is 17.5. The number of aromatic nitrogens is 3. The molecule has 0 fully saturated rings. The molecule has 4 aromatic rings. The van der Waals surface area contributed by atoms with Crippen LogP contribution in [0.4, 0.5) is 36.2 Å². The zero-order valence-corrected chi connectivity index (χ0v) is 21.4. The molecule has 0 spiro atoms. The minimum absolute atomic E-state index is 0.0117. The number of hydrogen-bond acceptors (Lipinski definition) is 7. The molecule has 0 saturated carbocycles. The summed E-state index contributed by atoms with van der Waals surface area (Å²) in [5.41, 5.74) is 8.04. The highest BCUT2D eigenvalue weighted by atomic mass is 19.4. The molecule has 2 aromatic heterocycles. The van der Waals surface area contributed by atoms with Crippen LogP contribution in [0.25, 0.3) is 22.2 Å². The van der Waals surface area contributed by atoms with E-state index in [0.29, 0.717) is 28.1 Å². The van der Waals surface area contributed by atoms with E-state index in [1.54, 1.807) is 42.1 Å². The van der Waals surface area contributed by atoms with Crippen LogP contribution in [-0.4, -0.2) is 60.8 Å². The van der Waals surface area contributed by atoms with Crippen molar-refractivity contribution in [2.24, 2.45) is 7.05 Å². The van der Waals surface area contributed by atoms with Crippen molar-refractivity contribution >= 4 is 33.9 Å². The quantitative estimate of drug-likeness (QED) is 0.321. The summed E-state index contributed by atoms with van der Waals surface area (Å²) < 4.78 is 49.2. The van der Waals surface area contributed by atoms with E-state index in [9.17, 15) is 13.2 Å². The average molecular weight is 514 g/mol. The maximum Gasteiger partial charge on any atom is 0.419 e. The van der Waals surface area contributed by atoms with Gasteiger partial charge in [-0.1, -0.05) is 18.2 Å². The largest absolute Gasteiger partial charge is 0.494 e. The van der Waals surface area contributed by atoms with Gasteiger partial charge in [0.05, 0.1) is 29.9 Å². The molecular weight excluding hydrogens is 483 g/mol. The average Bonchev–Trinajstić information content (AvgIpc) is 3.18. The predicted octanol–water partition coefficient (Wildman–Crippen LogP) is 4.99. The van der Waals surface area contributed by atoms with Crippen LogP contribution in [-0.2, 0) is 13.2 Å². The summed E-state index contributed by atoms with van der Waals surface area (Å²) >= 11 is 0. The smallest absolute Gasteiger partial charge is 0.419 e. The summed E-state index contributed by atoms with van der Waals surface area (Å²) in [4.78, 5) is 12.3. The monoisotopic (exact) mass is 513 g/mol. The Bertz CT molecular complexity index is 1420. The lowest BCUT2D eigenvalue weighted by atomic mass is 10.1. The Kier molecular flexibility index (Phi) is 7.17. The third-order valence-corrected chi connectivity index (χ3v) is 6.14. The number of hydrogen-bond donors (Lipinski definition) is 2. The van der Waals surface area contributed by atoms with E-state index in [2.05, 4.69) is 20.2 Å². The number of alkyl halides is 3. The summed E-state index contributed by atoms with van der Waals surface area (Å²) in [6, 6.07) is 10.7. The van der Waals surface area contributed by atoms with Crippen LogP contribution in [0.3, 0.4) is 0 Å². The Balaban J connectivity index is 1.75. The first-order valence-corrected chi connectivity index (χ1v) is 11.6. The Morgan fingerprint density at radius 1 is 1.11 bits per heavy atom. The van der Waals surface area contributed by atoms with Crippen molar-refractivity contribution in [2.45, 2.75) is 6.18 Å². The number of nitrogens with two attached hydrogens (primary N) is 1. The zero-order chi connectivity index (χ0) is 26.9. The van der Waals surface area contributed by atoms with Crippen LogP contribution in [0.15, 0.2) is 48.8 Å². The van der Waals surface area contributed by atoms with Gasteiger partial charge >= 0.3 is 6.18 Å². The van der Waals surface area contributed by atoms with E-state index < -0.39 is 11.7 Å². The number of methoxy groups -OCH3 is 1. The molecule has 2 heterocycles. The Morgan fingerprint density at radius 2 is 1.84 bits per heavy atom. The Labute approximate surface area is 213 Å². The Hall–Kier alpha value is -3.99. The number of aryl methyl sites for hydroxylation is 1. The number of likely N-dealkylation sites (N-methyl/N-ethyl adjacent to an activating group) is 2. The molecule has 11 heteroatoms. The molecule has 4 rings (SSSR count). The lowest BCUT2D eigenvalue weighted by molar-refractivity contribution is -0.137. The fourth-order valence-electron chi connectivity index (χ4n) is 4.16. The molecule has 2 aromatic carbocycles. The van der Waals surface area contributed by atoms with Gasteiger partial charge < -0.3 is 30.2 Å². The molecule has 37 heavy (non-hydrogen) atoms. The van der Waals surface area contributed by atoms with Crippen LogP contribution in [0, 0.1) is 0 Å². The number of fused-ring (bicyclic) bond motifs is 1. The molecule has 0 aliphatic heterocycles. The van der Waals surface area contributed by atoms with Crippen molar-refractivity contribution in [3.63, 3.8) is 0 Å². The van der Waals surface area contributed by atoms with E-state index in [0.717, 1.165) is 30.5 Å². The molecule has 0 atom stereocenters. The van der Waals surface area contributed by atoms with Crippen molar-refractivity contribution in [2.75, 3.05) is 57.3 Å². The number of ether oxygens (including phenoxy) is 1. The van der Waals surface area contributed by atoms with Crippen molar-refractivity contribution in [1.82, 2.24) is 19.4 Å². The van der Waals surface area contributed by atoms with Crippen molar-refractivity contribution in [3.8, 4) is 17.0 Å². The van der Waals surface area contributed by atoms with E-state index in [-0.39, 0.29) is 11.6 Å². The number of anilines is 4. The summed E-state index contributed by atoms with van der Waals surface area (Å²) in [6.07, 6.45) is -2.19. The SMILES string of the molecule is COc1cc(N(C)CCN(C)C)c(N)cc1Nc1ncc(C(F)(F)F)c(-c2cn(C)c3ccccc23)n1. The third-order valence-electron chi connectivity index (χ3n) is 6.14. The minimum atomic E-state index is -4.63. The number of para-hydroxylation sites is 1. The summed E-state index contributed by atoms with van der Waals surface area (Å²) in [7, 11) is 9.19. The summed E-state index contributed by atoms with van der Waals surface area (Å²) in [5.74, 6) is 0.443. The molecule has 0 amide bonds. The summed E-state index contributed by atoms with van der Waals surface area (Å²) in [6.45, 7) is 1.57. The van der Waals surface area contributed by atoms with Crippen LogP contribution < -0.4 is 20.7 Å². The number of benzene rings is 2. The molecule has 0 aliphatic carbocycles. The van der Waals surface area contributed by atoms with E-state index in [1.165, 1.54) is 7.11 Å². The number of halogens is 3. The summed E-state index contributed by atoms with van der Waals surface area (Å²) in [5, 5.41) is 3.66. The second-order valence-corrected chi connectivity index (χ2v) is 9.09. The molecule has 8 nitrogen and oxygen atoms in total. The molecule has 0 aliphatic rings. The van der Waals surface area contributed by atoms with Gasteiger partial charge in [-0.05, 0) is 26.2 Å². The number of nitrogens with zero attached hydrogens (tertiary/aromatic N) is 5. The molecule has 196 valence electrons. The van der Waals surface area contributed by atoms with Gasteiger partial charge in [0.2, 0.25) is 5.95 Å². The van der Waals surface area contributed by atoms with Gasteiger partial charge in [0.25, 0.3) is 0 Å². The van der Waals surface area contributed by atoms with Gasteiger partial charge in [0.1, 0.15) is 11.3 Å². The minimum Gasteiger partial charge on any atom is -0.494 e. The highest BCUT2D eigenvalue weighted by Gasteiger charge is 2.36. The number of nitrogens with one attached hydrogen (secondary N) is 1. The van der Waals surface area contributed by atoms with Crippen molar-refractivity contribution in [3.05, 3.63) is 54.4 Å². The highest BCUT2D eigenvalue weighted by molar-refractivity contribution is 5.96. The Morgan fingerprint density at radius 3 is 2.51 bits per heavy atom. The van der Waals surface area contributed by atoms with Crippen LogP contribution in [0.2, 0.25) is 0 Å². The van der Waals surface area contributed by atoms with Gasteiger partial charge in [0.15, 0.2) is 0 Å². The lowest BCUT2D eigenvalue weighted by Crippen LogP contribution is -2.29. The number of nitrogen functional groups attached to an aromatic ring is 1. The van der Waals surface area contributed by atoms with Gasteiger partial charge in [-0.25, -0.2) is 9.97 Å². The molecule has 0 radical (unpaired) electrons. The van der Waals surface area contributed by atoms with Crippen LogP contribution in [0.1, 0.15) is 5.56 Å². The van der Waals surface area contributed by atoms with E-state index in [4.69, 9.17) is 10.5 Å². The molecular formula is C26H30F3N7O. The second kappa shape index (κ2) is 10.2. The zero-order valence-electron chi connectivity index (χ0n) is 21.4.